The molecule has 94 valence electrons. The highest BCUT2D eigenvalue weighted by Gasteiger charge is 2.29. The molecule has 0 fully saturated rings. The van der Waals surface area contributed by atoms with Crippen molar-refractivity contribution in [1.82, 2.24) is 5.23 Å². The molecule has 2 aromatic carbocycles. The van der Waals surface area contributed by atoms with Gasteiger partial charge in [-0.05, 0) is 35.8 Å². The molecule has 19 heavy (non-hydrogen) atoms. The maximum absolute atomic E-state index is 13.4. The number of rotatable bonds is 1. The Morgan fingerprint density at radius 1 is 1.11 bits per heavy atom. The molecule has 0 bridgehead atoms. The van der Waals surface area contributed by atoms with Crippen molar-refractivity contribution in [1.29, 1.82) is 0 Å². The number of anilines is 1. The third-order valence-electron chi connectivity index (χ3n) is 2.97. The first-order chi connectivity index (χ1) is 9.13. The second-order valence-corrected chi connectivity index (χ2v) is 4.74. The van der Waals surface area contributed by atoms with Crippen LogP contribution in [0.4, 0.5) is 10.1 Å². The summed E-state index contributed by atoms with van der Waals surface area (Å²) < 4.78 is 13.4. The van der Waals surface area contributed by atoms with E-state index in [4.69, 9.17) is 11.6 Å². The Morgan fingerprint density at radius 2 is 1.89 bits per heavy atom. The number of carbonyl (C=O) groups is 1. The third-order valence-corrected chi connectivity index (χ3v) is 3.18. The second kappa shape index (κ2) is 4.59. The first kappa shape index (κ1) is 12.1. The van der Waals surface area contributed by atoms with Gasteiger partial charge in [0, 0.05) is 10.7 Å². The minimum atomic E-state index is -0.490. The van der Waals surface area contributed by atoms with E-state index in [1.807, 2.05) is 12.1 Å². The van der Waals surface area contributed by atoms with Crippen molar-refractivity contribution in [3.63, 3.8) is 0 Å². The van der Waals surface area contributed by atoms with E-state index < -0.39 is 12.8 Å². The van der Waals surface area contributed by atoms with Crippen LogP contribution in [-0.4, -0.2) is 12.9 Å². The average molecular weight is 274 g/mol. The van der Waals surface area contributed by atoms with E-state index in [1.54, 1.807) is 18.2 Å². The molecule has 3 nitrogen and oxygen atoms in total. The molecule has 6 heteroatoms. The van der Waals surface area contributed by atoms with E-state index in [0.29, 0.717) is 16.0 Å². The first-order valence-corrected chi connectivity index (χ1v) is 6.14. The zero-order valence-corrected chi connectivity index (χ0v) is 10.5. The topological polar surface area (TPSA) is 41.1 Å². The zero-order valence-electron chi connectivity index (χ0n) is 9.78. The van der Waals surface area contributed by atoms with Crippen LogP contribution in [0.2, 0.25) is 5.02 Å². The molecule has 0 saturated carbocycles. The number of amides is 1. The van der Waals surface area contributed by atoms with Gasteiger partial charge in [0.2, 0.25) is 5.91 Å². The van der Waals surface area contributed by atoms with Crippen LogP contribution in [0.15, 0.2) is 42.5 Å². The number of hydrogen-bond acceptors (Lipinski definition) is 2. The van der Waals surface area contributed by atoms with Crippen LogP contribution in [0, 0.1) is 5.82 Å². The number of benzene rings is 2. The van der Waals surface area contributed by atoms with Gasteiger partial charge in [-0.2, -0.15) is 0 Å². The molecular formula is C13H9BClFN2O. The average Bonchev–Trinajstić information content (AvgIpc) is 2.37. The lowest BCUT2D eigenvalue weighted by atomic mass is 9.66. The molecule has 0 saturated heterocycles. The Bertz CT molecular complexity index is 645. The fourth-order valence-corrected chi connectivity index (χ4v) is 2.35. The van der Waals surface area contributed by atoms with Crippen molar-refractivity contribution >= 4 is 35.6 Å². The maximum atomic E-state index is 13.4. The highest BCUT2D eigenvalue weighted by atomic mass is 35.5. The summed E-state index contributed by atoms with van der Waals surface area (Å²) in [7, 11) is 0. The van der Waals surface area contributed by atoms with E-state index in [1.165, 1.54) is 12.1 Å². The van der Waals surface area contributed by atoms with Crippen LogP contribution in [0.3, 0.4) is 0 Å². The van der Waals surface area contributed by atoms with Gasteiger partial charge in [0.1, 0.15) is 5.82 Å². The molecule has 1 amide bonds. The van der Waals surface area contributed by atoms with Crippen molar-refractivity contribution in [2.45, 2.75) is 0 Å². The predicted octanol–water partition coefficient (Wildman–Crippen LogP) is 2.03. The van der Waals surface area contributed by atoms with Crippen molar-refractivity contribution in [2.24, 2.45) is 0 Å². The molecule has 0 radical (unpaired) electrons. The molecule has 2 N–H and O–H groups in total. The number of carbonyl (C=O) groups excluding carboxylic acids is 1. The molecular weight excluding hydrogens is 265 g/mol. The summed E-state index contributed by atoms with van der Waals surface area (Å²) in [4.78, 5) is 12.0. The summed E-state index contributed by atoms with van der Waals surface area (Å²) in [5.74, 6) is -0.628. The fourth-order valence-electron chi connectivity index (χ4n) is 2.12. The fraction of sp³-hybridized carbons (Fsp3) is 0. The molecule has 0 spiro atoms. The van der Waals surface area contributed by atoms with Gasteiger partial charge in [0.25, 0.3) is 0 Å². The minimum absolute atomic E-state index is 0.195. The summed E-state index contributed by atoms with van der Waals surface area (Å²) in [6.07, 6.45) is 0. The van der Waals surface area contributed by atoms with Crippen molar-refractivity contribution < 1.29 is 9.18 Å². The quantitative estimate of drug-likeness (QED) is 0.781. The monoisotopic (exact) mass is 274 g/mol. The molecule has 0 aliphatic carbocycles. The molecule has 3 rings (SSSR count). The SMILES string of the molecule is O=C1NB(c2cc(F)cc(Cl)c2)Nc2ccccc21. The Morgan fingerprint density at radius 3 is 2.68 bits per heavy atom. The first-order valence-electron chi connectivity index (χ1n) is 5.76. The molecule has 0 atom stereocenters. The Labute approximate surface area is 114 Å². The van der Waals surface area contributed by atoms with Gasteiger partial charge in [-0.25, -0.2) is 4.39 Å². The van der Waals surface area contributed by atoms with Crippen LogP contribution < -0.4 is 15.9 Å². The lowest BCUT2D eigenvalue weighted by Gasteiger charge is -2.24. The van der Waals surface area contributed by atoms with Crippen LogP contribution in [0.5, 0.6) is 0 Å². The number of nitrogens with one attached hydrogen (secondary N) is 2. The van der Waals surface area contributed by atoms with Crippen molar-refractivity contribution in [2.75, 3.05) is 5.23 Å². The lowest BCUT2D eigenvalue weighted by molar-refractivity contribution is 0.0979. The minimum Gasteiger partial charge on any atom is -0.405 e. The Balaban J connectivity index is 1.99. The van der Waals surface area contributed by atoms with Crippen molar-refractivity contribution in [3.05, 3.63) is 58.9 Å². The van der Waals surface area contributed by atoms with Gasteiger partial charge >= 0.3 is 6.98 Å². The summed E-state index contributed by atoms with van der Waals surface area (Å²) in [6, 6.07) is 11.4. The lowest BCUT2D eigenvalue weighted by Crippen LogP contribution is -2.57. The van der Waals surface area contributed by atoms with Gasteiger partial charge < -0.3 is 10.5 Å². The van der Waals surface area contributed by atoms with E-state index in [0.717, 1.165) is 5.69 Å². The van der Waals surface area contributed by atoms with Crippen LogP contribution >= 0.6 is 11.6 Å². The highest BCUT2D eigenvalue weighted by Crippen LogP contribution is 2.19. The normalized spacial score (nSPS) is 13.6. The smallest absolute Gasteiger partial charge is 0.405 e. The molecule has 1 aliphatic rings. The van der Waals surface area contributed by atoms with Gasteiger partial charge in [-0.15, -0.1) is 0 Å². The van der Waals surface area contributed by atoms with E-state index in [9.17, 15) is 9.18 Å². The molecule has 2 aromatic rings. The summed E-state index contributed by atoms with van der Waals surface area (Å²) in [5, 5.41) is 6.20. The van der Waals surface area contributed by atoms with Crippen LogP contribution in [0.1, 0.15) is 10.4 Å². The van der Waals surface area contributed by atoms with E-state index in [2.05, 4.69) is 10.5 Å². The van der Waals surface area contributed by atoms with Gasteiger partial charge in [0.05, 0.1) is 5.56 Å². The zero-order chi connectivity index (χ0) is 13.4. The molecule has 0 unspecified atom stereocenters. The largest absolute Gasteiger partial charge is 0.408 e. The predicted molar refractivity (Wildman–Crippen MR) is 74.3 cm³/mol. The number of fused-ring (bicyclic) bond motifs is 1. The van der Waals surface area contributed by atoms with E-state index >= 15 is 0 Å². The van der Waals surface area contributed by atoms with Crippen LogP contribution in [-0.2, 0) is 0 Å². The number of para-hydroxylation sites is 1. The van der Waals surface area contributed by atoms with Crippen LogP contribution in [0.25, 0.3) is 0 Å². The highest BCUT2D eigenvalue weighted by molar-refractivity contribution is 6.77. The maximum Gasteiger partial charge on any atom is 0.408 e. The molecule has 0 aromatic heterocycles. The second-order valence-electron chi connectivity index (χ2n) is 4.30. The standard InChI is InChI=1S/C13H9BClFN2O/c15-9-5-8(6-10(16)7-9)14-17-12-4-2-1-3-11(12)13(19)18-14/h1-7,17H,(H,18,19). The van der Waals surface area contributed by atoms with E-state index in [-0.39, 0.29) is 5.91 Å². The summed E-state index contributed by atoms with van der Waals surface area (Å²) in [6.45, 7) is -0.490. The summed E-state index contributed by atoms with van der Waals surface area (Å²) >= 11 is 5.83. The third kappa shape index (κ3) is 2.29. The Kier molecular flexibility index (Phi) is 2.91. The van der Waals surface area contributed by atoms with Gasteiger partial charge in [-0.1, -0.05) is 23.7 Å². The van der Waals surface area contributed by atoms with Gasteiger partial charge in [-0.3, -0.25) is 4.79 Å². The Hall–Kier alpha value is -2.01. The summed E-state index contributed by atoms with van der Waals surface area (Å²) in [5.41, 5.74) is 1.87. The number of hydrogen-bond donors (Lipinski definition) is 2. The van der Waals surface area contributed by atoms with Crippen molar-refractivity contribution in [3.8, 4) is 0 Å². The van der Waals surface area contributed by atoms with Gasteiger partial charge in [0.15, 0.2) is 0 Å². The molecule has 1 heterocycles. The number of halogens is 2. The molecule has 1 aliphatic heterocycles.